The summed E-state index contributed by atoms with van der Waals surface area (Å²) in [6.07, 6.45) is 1.50. The summed E-state index contributed by atoms with van der Waals surface area (Å²) < 4.78 is 27.3. The molecule has 0 amide bonds. The minimum atomic E-state index is -0.634. The third-order valence-corrected chi connectivity index (χ3v) is 4.20. The van der Waals surface area contributed by atoms with Crippen LogP contribution in [-0.2, 0) is 6.42 Å². The van der Waals surface area contributed by atoms with E-state index in [0.29, 0.717) is 4.47 Å². The molecule has 2 nitrogen and oxygen atoms in total. The van der Waals surface area contributed by atoms with Crippen LogP contribution in [0.3, 0.4) is 0 Å². The van der Waals surface area contributed by atoms with E-state index in [1.54, 1.807) is 12.1 Å². The van der Waals surface area contributed by atoms with E-state index in [1.165, 1.54) is 6.07 Å². The maximum Gasteiger partial charge on any atom is 0.150 e. The van der Waals surface area contributed by atoms with Gasteiger partial charge in [-0.1, -0.05) is 12.1 Å². The topological polar surface area (TPSA) is 32.3 Å². The molecule has 0 aromatic heterocycles. The molecular weight excluding hydrogens is 328 g/mol. The number of benzene rings is 2. The van der Waals surface area contributed by atoms with Crippen molar-refractivity contribution >= 4 is 21.6 Å². The summed E-state index contributed by atoms with van der Waals surface area (Å²) in [5, 5.41) is 12.9. The largest absolute Gasteiger partial charge is 0.508 e. The molecule has 0 saturated carbocycles. The van der Waals surface area contributed by atoms with E-state index in [9.17, 15) is 13.9 Å². The quantitative estimate of drug-likeness (QED) is 0.842. The van der Waals surface area contributed by atoms with E-state index in [0.717, 1.165) is 30.0 Å². The molecule has 104 valence electrons. The number of phenols is 1. The molecule has 1 atom stereocenters. The van der Waals surface area contributed by atoms with Crippen LogP contribution in [0.25, 0.3) is 0 Å². The average molecular weight is 340 g/mol. The number of fused-ring (bicyclic) bond motifs is 1. The minimum Gasteiger partial charge on any atom is -0.508 e. The second-order valence-corrected chi connectivity index (χ2v) is 5.68. The molecule has 1 aliphatic carbocycles. The zero-order chi connectivity index (χ0) is 14.3. The van der Waals surface area contributed by atoms with Crippen molar-refractivity contribution in [3.63, 3.8) is 0 Å². The number of hydrogen-bond acceptors (Lipinski definition) is 2. The number of phenolic OH excluding ortho intramolecular Hbond substituents is 1. The molecular formula is C15H12BrF2NO. The molecule has 20 heavy (non-hydrogen) atoms. The molecule has 2 N–H and O–H groups in total. The van der Waals surface area contributed by atoms with Crippen molar-refractivity contribution in [2.75, 3.05) is 5.32 Å². The Balaban J connectivity index is 1.94. The second kappa shape index (κ2) is 5.05. The van der Waals surface area contributed by atoms with Crippen LogP contribution in [-0.4, -0.2) is 5.11 Å². The lowest BCUT2D eigenvalue weighted by atomic mass is 10.1. The smallest absolute Gasteiger partial charge is 0.150 e. The molecule has 0 fully saturated rings. The van der Waals surface area contributed by atoms with Gasteiger partial charge in [-0.25, -0.2) is 8.78 Å². The van der Waals surface area contributed by atoms with Gasteiger partial charge in [0.25, 0.3) is 0 Å². The summed E-state index contributed by atoms with van der Waals surface area (Å²) >= 11 is 3.17. The Kier molecular flexibility index (Phi) is 3.38. The van der Waals surface area contributed by atoms with E-state index in [-0.39, 0.29) is 17.5 Å². The summed E-state index contributed by atoms with van der Waals surface area (Å²) in [4.78, 5) is 0. The van der Waals surface area contributed by atoms with Crippen LogP contribution < -0.4 is 5.32 Å². The molecule has 0 radical (unpaired) electrons. The monoisotopic (exact) mass is 339 g/mol. The van der Waals surface area contributed by atoms with Gasteiger partial charge in [0.1, 0.15) is 17.4 Å². The first-order valence-corrected chi connectivity index (χ1v) is 7.07. The lowest BCUT2D eigenvalue weighted by Crippen LogP contribution is -2.09. The van der Waals surface area contributed by atoms with Crippen LogP contribution in [0.15, 0.2) is 34.8 Å². The first-order valence-electron chi connectivity index (χ1n) is 6.28. The fourth-order valence-electron chi connectivity index (χ4n) is 2.64. The fraction of sp³-hybridized carbons (Fsp3) is 0.200. The number of halogens is 3. The molecule has 0 heterocycles. The first-order chi connectivity index (χ1) is 9.56. The lowest BCUT2D eigenvalue weighted by Gasteiger charge is -2.17. The number of rotatable bonds is 2. The molecule has 1 aliphatic rings. The van der Waals surface area contributed by atoms with Gasteiger partial charge in [-0.3, -0.25) is 0 Å². The summed E-state index contributed by atoms with van der Waals surface area (Å²) in [6.45, 7) is 0. The molecule has 5 heteroatoms. The molecule has 2 aromatic rings. The van der Waals surface area contributed by atoms with E-state index in [1.807, 2.05) is 6.07 Å². The van der Waals surface area contributed by atoms with Crippen molar-refractivity contribution in [1.82, 2.24) is 0 Å². The average Bonchev–Trinajstić information content (AvgIpc) is 2.78. The van der Waals surface area contributed by atoms with Gasteiger partial charge in [0.2, 0.25) is 0 Å². The third kappa shape index (κ3) is 2.26. The molecule has 1 unspecified atom stereocenters. The highest BCUT2D eigenvalue weighted by molar-refractivity contribution is 9.10. The van der Waals surface area contributed by atoms with E-state index in [4.69, 9.17) is 0 Å². The second-order valence-electron chi connectivity index (χ2n) is 4.82. The Bertz CT molecular complexity index is 652. The molecule has 0 spiro atoms. The van der Waals surface area contributed by atoms with Crippen molar-refractivity contribution in [3.8, 4) is 5.75 Å². The number of nitrogens with one attached hydrogen (secondary N) is 1. The van der Waals surface area contributed by atoms with Crippen LogP contribution in [0, 0.1) is 11.6 Å². The summed E-state index contributed by atoms with van der Waals surface area (Å²) in [5.41, 5.74) is 2.09. The predicted octanol–water partition coefficient (Wildman–Crippen LogP) is 4.53. The first kappa shape index (κ1) is 13.4. The van der Waals surface area contributed by atoms with Gasteiger partial charge in [0, 0.05) is 10.5 Å². The molecule has 0 bridgehead atoms. The van der Waals surface area contributed by atoms with Crippen molar-refractivity contribution in [3.05, 3.63) is 57.6 Å². The Labute approximate surface area is 123 Å². The van der Waals surface area contributed by atoms with E-state index < -0.39 is 11.6 Å². The maximum atomic E-state index is 13.8. The van der Waals surface area contributed by atoms with Crippen LogP contribution in [0.5, 0.6) is 5.75 Å². The van der Waals surface area contributed by atoms with Crippen molar-refractivity contribution in [2.45, 2.75) is 18.9 Å². The number of hydrogen-bond donors (Lipinski definition) is 2. The minimum absolute atomic E-state index is 0.0895. The molecule has 0 aliphatic heterocycles. The van der Waals surface area contributed by atoms with Crippen LogP contribution >= 0.6 is 15.9 Å². The molecule has 0 saturated heterocycles. The van der Waals surface area contributed by atoms with E-state index in [2.05, 4.69) is 21.2 Å². The summed E-state index contributed by atoms with van der Waals surface area (Å²) in [6, 6.07) is 7.32. The maximum absolute atomic E-state index is 13.8. The van der Waals surface area contributed by atoms with Gasteiger partial charge < -0.3 is 10.4 Å². The third-order valence-electron chi connectivity index (χ3n) is 3.57. The van der Waals surface area contributed by atoms with Gasteiger partial charge in [0.05, 0.1) is 11.7 Å². The summed E-state index contributed by atoms with van der Waals surface area (Å²) in [5.74, 6) is -0.986. The fourth-order valence-corrected chi connectivity index (χ4v) is 3.16. The van der Waals surface area contributed by atoms with Gasteiger partial charge in [-0.05, 0) is 52.0 Å². The zero-order valence-electron chi connectivity index (χ0n) is 10.5. The van der Waals surface area contributed by atoms with Crippen molar-refractivity contribution in [1.29, 1.82) is 0 Å². The Morgan fingerprint density at radius 2 is 2.05 bits per heavy atom. The highest BCUT2D eigenvalue weighted by Gasteiger charge is 2.26. The van der Waals surface area contributed by atoms with Crippen LogP contribution in [0.4, 0.5) is 14.5 Å². The van der Waals surface area contributed by atoms with Crippen molar-refractivity contribution < 1.29 is 13.9 Å². The number of anilines is 1. The van der Waals surface area contributed by atoms with Gasteiger partial charge in [-0.15, -0.1) is 0 Å². The van der Waals surface area contributed by atoms with Crippen LogP contribution in [0.1, 0.15) is 23.6 Å². The van der Waals surface area contributed by atoms with Crippen LogP contribution in [0.2, 0.25) is 0 Å². The summed E-state index contributed by atoms with van der Waals surface area (Å²) in [7, 11) is 0. The van der Waals surface area contributed by atoms with Gasteiger partial charge in [-0.2, -0.15) is 0 Å². The Hall–Kier alpha value is -1.62. The Morgan fingerprint density at radius 3 is 2.80 bits per heavy atom. The van der Waals surface area contributed by atoms with E-state index >= 15 is 0 Å². The lowest BCUT2D eigenvalue weighted by molar-refractivity contribution is 0.469. The normalized spacial score (nSPS) is 17.1. The predicted molar refractivity (Wildman–Crippen MR) is 76.8 cm³/mol. The molecule has 3 rings (SSSR count). The Morgan fingerprint density at radius 1 is 1.25 bits per heavy atom. The zero-order valence-corrected chi connectivity index (χ0v) is 12.0. The standard InChI is InChI=1S/C15H12BrF2NO/c16-11-6-8(17)7-12(18)15(11)19-13-5-4-10-9(13)2-1-3-14(10)20/h1-3,6-7,13,19-20H,4-5H2. The SMILES string of the molecule is Oc1cccc2c1CCC2Nc1c(F)cc(F)cc1Br. The number of aromatic hydroxyl groups is 1. The highest BCUT2D eigenvalue weighted by Crippen LogP contribution is 2.40. The van der Waals surface area contributed by atoms with Gasteiger partial charge in [0.15, 0.2) is 0 Å². The van der Waals surface area contributed by atoms with Gasteiger partial charge >= 0.3 is 0 Å². The highest BCUT2D eigenvalue weighted by atomic mass is 79.9. The molecule has 2 aromatic carbocycles. The van der Waals surface area contributed by atoms with Crippen molar-refractivity contribution in [2.24, 2.45) is 0 Å².